The van der Waals surface area contributed by atoms with Gasteiger partial charge >= 0.3 is 0 Å². The summed E-state index contributed by atoms with van der Waals surface area (Å²) in [5.74, 6) is 4.79. The molecule has 0 fully saturated rings. The lowest BCUT2D eigenvalue weighted by molar-refractivity contribution is 1.08. The third-order valence-corrected chi connectivity index (χ3v) is 21.2. The van der Waals surface area contributed by atoms with Crippen molar-refractivity contribution in [3.63, 3.8) is 0 Å². The lowest BCUT2D eigenvalue weighted by Gasteiger charge is -2.16. The topological polar surface area (TPSA) is 129 Å². The van der Waals surface area contributed by atoms with Crippen LogP contribution in [0.2, 0.25) is 0 Å². The molecular formula is C106H68N10. The molecule has 0 saturated carbocycles. The zero-order valence-corrected chi connectivity index (χ0v) is 62.7. The smallest absolute Gasteiger partial charge is 0.165 e. The van der Waals surface area contributed by atoms with Crippen molar-refractivity contribution in [1.82, 2.24) is 49.8 Å². The Kier molecular flexibility index (Phi) is 18.4. The second-order valence-electron chi connectivity index (χ2n) is 28.6. The Bertz CT molecular complexity index is 6860. The fraction of sp³-hybridized carbons (Fsp3) is 0. The third kappa shape index (κ3) is 14.1. The van der Waals surface area contributed by atoms with Gasteiger partial charge in [0.2, 0.25) is 0 Å². The van der Waals surface area contributed by atoms with E-state index < -0.39 is 0 Å². The Hall–Kier alpha value is -15.8. The van der Waals surface area contributed by atoms with Crippen LogP contribution in [0.3, 0.4) is 0 Å². The number of hydrogen-bond donors (Lipinski definition) is 0. The molecule has 10 nitrogen and oxygen atoms in total. The van der Waals surface area contributed by atoms with Gasteiger partial charge in [0.15, 0.2) is 46.6 Å². The standard InChI is InChI=1S/C106H68N10/c1-8-29-71(30-9-1)93-67-94(72-31-10-2-11-32-72)109-104(108-93)88-50-27-46-82(66-88)80-44-25-48-85(63-80)91-61-58-86-64-83(57-60-92(86)98(91)106-115-102(76-39-18-6-19-40-76)112-103(116-106)77-41-20-7-21-42-77)69-52-54-78(55-53-69)99-107-95(73-33-12-3-13-34-73)68-96(110-99)87-49-26-45-81(65-87)79-43-24-47-84(62-79)90-59-56-70-28-22-23-51-89(70)97(90)105-113-100(74-35-14-4-15-36-74)111-101(114-105)75-37-16-5-17-38-75/h1-68H. The van der Waals surface area contributed by atoms with Crippen molar-refractivity contribution in [1.29, 1.82) is 0 Å². The summed E-state index contributed by atoms with van der Waals surface area (Å²) in [5.41, 5.74) is 24.8. The van der Waals surface area contributed by atoms with Gasteiger partial charge in [0, 0.05) is 66.8 Å². The lowest BCUT2D eigenvalue weighted by Crippen LogP contribution is -2.02. The highest BCUT2D eigenvalue weighted by Gasteiger charge is 2.24. The Labute approximate surface area is 671 Å². The third-order valence-electron chi connectivity index (χ3n) is 21.2. The maximum Gasteiger partial charge on any atom is 0.165 e. The van der Waals surface area contributed by atoms with Gasteiger partial charge in [0.1, 0.15) is 0 Å². The molecule has 10 heteroatoms. The number of hydrogen-bond acceptors (Lipinski definition) is 10. The molecule has 0 spiro atoms. The molecule has 4 heterocycles. The first-order chi connectivity index (χ1) is 57.4. The molecule has 0 aliphatic carbocycles. The van der Waals surface area contributed by atoms with E-state index in [-0.39, 0.29) is 0 Å². The Morgan fingerprint density at radius 1 is 0.121 bits per heavy atom. The zero-order valence-electron chi connectivity index (χ0n) is 62.7. The summed E-state index contributed by atoms with van der Waals surface area (Å²) in [6.45, 7) is 0. The van der Waals surface area contributed by atoms with E-state index in [1.54, 1.807) is 0 Å². The molecule has 20 aromatic rings. The molecule has 0 amide bonds. The van der Waals surface area contributed by atoms with Crippen molar-refractivity contribution in [2.75, 3.05) is 0 Å². The van der Waals surface area contributed by atoms with E-state index in [1.165, 1.54) is 0 Å². The normalized spacial score (nSPS) is 11.3. The maximum atomic E-state index is 5.41. The van der Waals surface area contributed by atoms with Gasteiger partial charge < -0.3 is 0 Å². The first-order valence-electron chi connectivity index (χ1n) is 38.7. The molecule has 0 unspecified atom stereocenters. The number of rotatable bonds is 17. The van der Waals surface area contributed by atoms with Gasteiger partial charge in [-0.1, -0.05) is 370 Å². The average Bonchev–Trinajstić information content (AvgIpc) is 0.742. The molecule has 20 rings (SSSR count). The summed E-state index contributed by atoms with van der Waals surface area (Å²) in [6, 6.07) is 143. The van der Waals surface area contributed by atoms with E-state index >= 15 is 0 Å². The zero-order chi connectivity index (χ0) is 77.1. The van der Waals surface area contributed by atoms with Crippen molar-refractivity contribution >= 4 is 21.5 Å². The molecule has 0 atom stereocenters. The summed E-state index contributed by atoms with van der Waals surface area (Å²) in [7, 11) is 0. The molecule has 16 aromatic carbocycles. The van der Waals surface area contributed by atoms with Crippen LogP contribution in [-0.2, 0) is 0 Å². The van der Waals surface area contributed by atoms with Crippen molar-refractivity contribution < 1.29 is 0 Å². The summed E-state index contributed by atoms with van der Waals surface area (Å²) in [6.07, 6.45) is 0. The molecule has 0 aliphatic rings. The Morgan fingerprint density at radius 2 is 0.379 bits per heavy atom. The van der Waals surface area contributed by atoms with Gasteiger partial charge in [-0.15, -0.1) is 0 Å². The molecule has 0 aliphatic heterocycles. The SMILES string of the molecule is c1ccc(-c2cc(-c3cccc(-c4cccc(-c5ccc6ccccc6c5-c5nc(-c6ccccc6)nc(-c6ccccc6)n5)c4)c3)nc(-c3ccc(-c4ccc5c(-c6nc(-c7ccccc7)nc(-c7ccccc7)n6)c(-c6cccc(-c7cccc(-c8nc(-c9ccccc9)cc(-c9ccccc9)n8)c7)c6)ccc5c4)cc3)n2)cc1. The lowest BCUT2D eigenvalue weighted by atomic mass is 9.90. The summed E-state index contributed by atoms with van der Waals surface area (Å²) < 4.78 is 0. The fourth-order valence-electron chi connectivity index (χ4n) is 15.4. The van der Waals surface area contributed by atoms with Gasteiger partial charge in [0.05, 0.1) is 22.8 Å². The summed E-state index contributed by atoms with van der Waals surface area (Å²) in [4.78, 5) is 52.7. The van der Waals surface area contributed by atoms with Gasteiger partial charge in [-0.3, -0.25) is 0 Å². The predicted molar refractivity (Wildman–Crippen MR) is 472 cm³/mol. The van der Waals surface area contributed by atoms with Crippen molar-refractivity contribution in [3.8, 4) is 192 Å². The van der Waals surface area contributed by atoms with Gasteiger partial charge in [-0.2, -0.15) is 0 Å². The number of nitrogens with zero attached hydrogens (tertiary/aromatic N) is 10. The van der Waals surface area contributed by atoms with Crippen LogP contribution in [0, 0.1) is 0 Å². The Balaban J connectivity index is 0.654. The van der Waals surface area contributed by atoms with Crippen LogP contribution in [-0.4, -0.2) is 49.8 Å². The quantitative estimate of drug-likeness (QED) is 0.0869. The van der Waals surface area contributed by atoms with Gasteiger partial charge in [-0.25, -0.2) is 49.8 Å². The van der Waals surface area contributed by atoms with E-state index in [9.17, 15) is 0 Å². The summed E-state index contributed by atoms with van der Waals surface area (Å²) in [5, 5.41) is 4.15. The second kappa shape index (κ2) is 30.8. The molecule has 0 bridgehead atoms. The molecule has 4 aromatic heterocycles. The Morgan fingerprint density at radius 3 is 0.802 bits per heavy atom. The van der Waals surface area contributed by atoms with Crippen LogP contribution in [0.15, 0.2) is 413 Å². The minimum absolute atomic E-state index is 0.561. The van der Waals surface area contributed by atoms with Gasteiger partial charge in [0.25, 0.3) is 0 Å². The van der Waals surface area contributed by atoms with E-state index in [0.717, 1.165) is 167 Å². The van der Waals surface area contributed by atoms with E-state index in [0.29, 0.717) is 46.6 Å². The minimum atomic E-state index is 0.561. The van der Waals surface area contributed by atoms with Crippen LogP contribution < -0.4 is 0 Å². The molecule has 0 saturated heterocycles. The largest absolute Gasteiger partial charge is 0.228 e. The maximum absolute atomic E-state index is 5.41. The fourth-order valence-corrected chi connectivity index (χ4v) is 15.4. The highest BCUT2D eigenvalue weighted by molar-refractivity contribution is 6.06. The van der Waals surface area contributed by atoms with E-state index in [2.05, 4.69) is 273 Å². The predicted octanol–water partition coefficient (Wildman–Crippen LogP) is 26.3. The second-order valence-corrected chi connectivity index (χ2v) is 28.6. The van der Waals surface area contributed by atoms with Crippen LogP contribution in [0.4, 0.5) is 0 Å². The number of benzene rings is 16. The average molecular weight is 1480 g/mol. The monoisotopic (exact) mass is 1480 g/mol. The van der Waals surface area contributed by atoms with E-state index in [4.69, 9.17) is 49.8 Å². The first-order valence-corrected chi connectivity index (χ1v) is 38.7. The molecule has 542 valence electrons. The molecule has 0 N–H and O–H groups in total. The highest BCUT2D eigenvalue weighted by Crippen LogP contribution is 2.44. The van der Waals surface area contributed by atoms with Crippen LogP contribution in [0.25, 0.3) is 213 Å². The molecule has 0 radical (unpaired) electrons. The summed E-state index contributed by atoms with van der Waals surface area (Å²) >= 11 is 0. The van der Waals surface area contributed by atoms with Crippen LogP contribution in [0.1, 0.15) is 0 Å². The minimum Gasteiger partial charge on any atom is -0.228 e. The van der Waals surface area contributed by atoms with Crippen LogP contribution in [0.5, 0.6) is 0 Å². The number of fused-ring (bicyclic) bond motifs is 2. The van der Waals surface area contributed by atoms with Crippen molar-refractivity contribution in [2.24, 2.45) is 0 Å². The van der Waals surface area contributed by atoms with Crippen LogP contribution >= 0.6 is 0 Å². The first kappa shape index (κ1) is 69.4. The van der Waals surface area contributed by atoms with E-state index in [1.807, 2.05) is 140 Å². The van der Waals surface area contributed by atoms with Crippen molar-refractivity contribution in [3.05, 3.63) is 413 Å². The number of aromatic nitrogens is 10. The molecular weight excluding hydrogens is 1410 g/mol. The highest BCUT2D eigenvalue weighted by atomic mass is 15.0. The molecule has 116 heavy (non-hydrogen) atoms. The van der Waals surface area contributed by atoms with Gasteiger partial charge in [-0.05, 0) is 120 Å². The van der Waals surface area contributed by atoms with Crippen molar-refractivity contribution in [2.45, 2.75) is 0 Å².